The van der Waals surface area contributed by atoms with E-state index < -0.39 is 23.4 Å². The van der Waals surface area contributed by atoms with Gasteiger partial charge in [0.15, 0.2) is 0 Å². The number of rotatable bonds is 3. The Morgan fingerprint density at radius 1 is 1.27 bits per heavy atom. The molecule has 1 aliphatic rings. The number of halogens is 1. The van der Waals surface area contributed by atoms with E-state index in [4.69, 9.17) is 4.74 Å². The van der Waals surface area contributed by atoms with Gasteiger partial charge in [0.1, 0.15) is 17.2 Å². The SMILES string of the molecule is CNc1ccn(-c2cc(-c3c(F)cccc3C#N)nc3c2C(=O)N(C(=O)OC(C)(C)C)C3)n1. The van der Waals surface area contributed by atoms with Crippen molar-refractivity contribution in [2.75, 3.05) is 12.4 Å². The number of carbonyl (C=O) groups excluding carboxylic acids is 2. The minimum absolute atomic E-state index is 0.00760. The number of hydrogen-bond donors (Lipinski definition) is 1. The van der Waals surface area contributed by atoms with Crippen LogP contribution in [0.1, 0.15) is 42.4 Å². The van der Waals surface area contributed by atoms with Crippen LogP contribution in [0.3, 0.4) is 0 Å². The number of hydrogen-bond acceptors (Lipinski definition) is 7. The standard InChI is InChI=1S/C23H21FN6O3/c1-23(2,3)33-22(32)29-12-16-20(21(29)31)17(30-9-8-18(26-4)28-30)10-15(27-16)19-13(11-25)6-5-7-14(19)24/h5-10H,12H2,1-4H3,(H,26,28). The normalized spacial score (nSPS) is 13.0. The van der Waals surface area contributed by atoms with E-state index in [0.717, 1.165) is 4.90 Å². The molecule has 0 spiro atoms. The summed E-state index contributed by atoms with van der Waals surface area (Å²) in [4.78, 5) is 31.3. The average molecular weight is 448 g/mol. The first-order valence-corrected chi connectivity index (χ1v) is 10.1. The van der Waals surface area contributed by atoms with E-state index in [9.17, 15) is 19.2 Å². The molecule has 3 heterocycles. The smallest absolute Gasteiger partial charge is 0.417 e. The quantitative estimate of drug-likeness (QED) is 0.647. The fraction of sp³-hybridized carbons (Fsp3) is 0.261. The van der Waals surface area contributed by atoms with E-state index >= 15 is 0 Å². The number of benzene rings is 1. The van der Waals surface area contributed by atoms with Crippen LogP contribution in [0, 0.1) is 17.1 Å². The summed E-state index contributed by atoms with van der Waals surface area (Å²) in [5, 5.41) is 16.8. The van der Waals surface area contributed by atoms with E-state index in [1.807, 2.05) is 6.07 Å². The molecule has 168 valence electrons. The Kier molecular flexibility index (Phi) is 5.33. The summed E-state index contributed by atoms with van der Waals surface area (Å²) >= 11 is 0. The third-order valence-electron chi connectivity index (χ3n) is 4.94. The Bertz CT molecular complexity index is 1320. The maximum absolute atomic E-state index is 14.8. The highest BCUT2D eigenvalue weighted by molar-refractivity contribution is 6.08. The van der Waals surface area contributed by atoms with Crippen molar-refractivity contribution >= 4 is 17.8 Å². The van der Waals surface area contributed by atoms with Crippen LogP contribution >= 0.6 is 0 Å². The molecule has 10 heteroatoms. The monoisotopic (exact) mass is 448 g/mol. The predicted molar refractivity (Wildman–Crippen MR) is 117 cm³/mol. The first kappa shape index (κ1) is 22.0. The molecule has 0 atom stereocenters. The average Bonchev–Trinajstić information content (AvgIpc) is 3.36. The van der Waals surface area contributed by atoms with Gasteiger partial charge in [-0.05, 0) is 39.0 Å². The maximum Gasteiger partial charge on any atom is 0.417 e. The zero-order valence-corrected chi connectivity index (χ0v) is 18.5. The van der Waals surface area contributed by atoms with Crippen molar-refractivity contribution in [2.24, 2.45) is 0 Å². The van der Waals surface area contributed by atoms with Gasteiger partial charge in [-0.2, -0.15) is 10.4 Å². The van der Waals surface area contributed by atoms with Crippen molar-refractivity contribution in [1.29, 1.82) is 5.26 Å². The second kappa shape index (κ2) is 8.02. The van der Waals surface area contributed by atoms with E-state index in [1.165, 1.54) is 28.9 Å². The van der Waals surface area contributed by atoms with Crippen LogP contribution in [0.15, 0.2) is 36.5 Å². The van der Waals surface area contributed by atoms with Crippen molar-refractivity contribution in [1.82, 2.24) is 19.7 Å². The van der Waals surface area contributed by atoms with Crippen molar-refractivity contribution in [2.45, 2.75) is 32.9 Å². The Labute approximate surface area is 189 Å². The highest BCUT2D eigenvalue weighted by Gasteiger charge is 2.39. The van der Waals surface area contributed by atoms with Crippen LogP contribution in [-0.2, 0) is 11.3 Å². The second-order valence-corrected chi connectivity index (χ2v) is 8.39. The van der Waals surface area contributed by atoms with E-state index in [-0.39, 0.29) is 34.6 Å². The zero-order chi connectivity index (χ0) is 23.9. The Morgan fingerprint density at radius 2 is 2.03 bits per heavy atom. The van der Waals surface area contributed by atoms with Gasteiger partial charge in [-0.15, -0.1) is 0 Å². The molecule has 1 aliphatic heterocycles. The van der Waals surface area contributed by atoms with E-state index in [1.54, 1.807) is 40.1 Å². The highest BCUT2D eigenvalue weighted by atomic mass is 19.1. The fourth-order valence-corrected chi connectivity index (χ4v) is 3.53. The third kappa shape index (κ3) is 4.01. The van der Waals surface area contributed by atoms with Crippen LogP contribution in [0.25, 0.3) is 16.9 Å². The summed E-state index contributed by atoms with van der Waals surface area (Å²) in [6, 6.07) is 9.31. The molecule has 0 saturated carbocycles. The number of imide groups is 1. The van der Waals surface area contributed by atoms with Crippen molar-refractivity contribution in [3.63, 3.8) is 0 Å². The largest absolute Gasteiger partial charge is 0.443 e. The number of anilines is 1. The fourth-order valence-electron chi connectivity index (χ4n) is 3.53. The first-order valence-electron chi connectivity index (χ1n) is 10.1. The molecule has 9 nitrogen and oxygen atoms in total. The molecule has 0 radical (unpaired) electrons. The summed E-state index contributed by atoms with van der Waals surface area (Å²) in [5.41, 5.74) is 0.175. The van der Waals surface area contributed by atoms with Crippen LogP contribution in [0.5, 0.6) is 0 Å². The number of amides is 2. The number of nitrogens with one attached hydrogen (secondary N) is 1. The number of nitrogens with zero attached hydrogens (tertiary/aromatic N) is 5. The van der Waals surface area contributed by atoms with Crippen LogP contribution < -0.4 is 5.32 Å². The molecular formula is C23H21FN6O3. The van der Waals surface area contributed by atoms with Gasteiger partial charge in [-0.3, -0.25) is 4.79 Å². The van der Waals surface area contributed by atoms with Gasteiger partial charge >= 0.3 is 6.09 Å². The number of carbonyl (C=O) groups is 2. The Morgan fingerprint density at radius 3 is 2.67 bits per heavy atom. The van der Waals surface area contributed by atoms with Crippen LogP contribution in [-0.4, -0.2) is 44.3 Å². The van der Waals surface area contributed by atoms with Crippen molar-refractivity contribution in [3.05, 3.63) is 59.2 Å². The number of ether oxygens (including phenoxy) is 1. The molecule has 3 aromatic rings. The van der Waals surface area contributed by atoms with Gasteiger partial charge in [0, 0.05) is 19.3 Å². The van der Waals surface area contributed by atoms with Gasteiger partial charge in [0.25, 0.3) is 5.91 Å². The summed E-state index contributed by atoms with van der Waals surface area (Å²) in [7, 11) is 1.70. The van der Waals surface area contributed by atoms with E-state index in [2.05, 4.69) is 15.4 Å². The van der Waals surface area contributed by atoms with Gasteiger partial charge in [-0.25, -0.2) is 23.8 Å². The second-order valence-electron chi connectivity index (χ2n) is 8.39. The summed E-state index contributed by atoms with van der Waals surface area (Å²) in [6.07, 6.45) is 0.819. The lowest BCUT2D eigenvalue weighted by Crippen LogP contribution is -2.37. The number of nitriles is 1. The van der Waals surface area contributed by atoms with Crippen LogP contribution in [0.2, 0.25) is 0 Å². The van der Waals surface area contributed by atoms with Gasteiger partial charge in [-0.1, -0.05) is 6.07 Å². The lowest BCUT2D eigenvalue weighted by atomic mass is 10.0. The number of pyridine rings is 1. The molecular weight excluding hydrogens is 427 g/mol. The summed E-state index contributed by atoms with van der Waals surface area (Å²) in [6.45, 7) is 4.95. The molecule has 1 N–H and O–H groups in total. The lowest BCUT2D eigenvalue weighted by Gasteiger charge is -2.23. The lowest BCUT2D eigenvalue weighted by molar-refractivity contribution is 0.0247. The van der Waals surface area contributed by atoms with Gasteiger partial charge in [0.05, 0.1) is 46.4 Å². The Hall–Kier alpha value is -4.26. The molecule has 0 fully saturated rings. The topological polar surface area (TPSA) is 113 Å². The summed E-state index contributed by atoms with van der Waals surface area (Å²) < 4.78 is 21.6. The molecule has 0 bridgehead atoms. The van der Waals surface area contributed by atoms with Gasteiger partial charge < -0.3 is 10.1 Å². The molecule has 0 saturated heterocycles. The minimum Gasteiger partial charge on any atom is -0.443 e. The Balaban J connectivity index is 1.90. The van der Waals surface area contributed by atoms with Crippen molar-refractivity contribution in [3.8, 4) is 23.0 Å². The first-order chi connectivity index (χ1) is 15.6. The molecule has 2 amide bonds. The third-order valence-corrected chi connectivity index (χ3v) is 4.94. The van der Waals surface area contributed by atoms with E-state index in [0.29, 0.717) is 11.5 Å². The molecule has 2 aromatic heterocycles. The predicted octanol–water partition coefficient (Wildman–Crippen LogP) is 3.88. The maximum atomic E-state index is 14.8. The molecule has 4 rings (SSSR count). The molecule has 1 aromatic carbocycles. The highest BCUT2D eigenvalue weighted by Crippen LogP contribution is 2.34. The van der Waals surface area contributed by atoms with Crippen molar-refractivity contribution < 1.29 is 18.7 Å². The molecule has 0 aliphatic carbocycles. The van der Waals surface area contributed by atoms with Crippen LogP contribution in [0.4, 0.5) is 15.0 Å². The summed E-state index contributed by atoms with van der Waals surface area (Å²) in [5.74, 6) is -0.679. The number of fused-ring (bicyclic) bond motifs is 1. The molecule has 33 heavy (non-hydrogen) atoms. The van der Waals surface area contributed by atoms with Gasteiger partial charge in [0.2, 0.25) is 0 Å². The minimum atomic E-state index is -0.807. The molecule has 0 unspecified atom stereocenters. The number of aromatic nitrogens is 3. The zero-order valence-electron chi connectivity index (χ0n) is 18.5.